The van der Waals surface area contributed by atoms with E-state index in [1.54, 1.807) is 37.4 Å². The lowest BCUT2D eigenvalue weighted by Crippen LogP contribution is -2.19. The predicted octanol–water partition coefficient (Wildman–Crippen LogP) is 3.06. The second-order valence-electron chi connectivity index (χ2n) is 6.40. The van der Waals surface area contributed by atoms with E-state index in [1.165, 1.54) is 12.3 Å². The molecule has 0 amide bonds. The highest BCUT2D eigenvalue weighted by atomic mass is 32.2. The van der Waals surface area contributed by atoms with E-state index in [2.05, 4.69) is 5.32 Å². The molecule has 7 heteroatoms. The maximum absolute atomic E-state index is 11.9. The largest absolute Gasteiger partial charge is 0.497 e. The average molecular weight is 387 g/mol. The van der Waals surface area contributed by atoms with Crippen LogP contribution in [0.1, 0.15) is 24.1 Å². The number of nitrogens with one attached hydrogen (secondary N) is 1. The molecule has 2 aromatic carbocycles. The summed E-state index contributed by atoms with van der Waals surface area (Å²) in [6.45, 7) is 2.44. The van der Waals surface area contributed by atoms with E-state index in [9.17, 15) is 13.2 Å². The van der Waals surface area contributed by atoms with Crippen molar-refractivity contribution in [2.45, 2.75) is 24.4 Å². The number of rotatable bonds is 6. The smallest absolute Gasteiger partial charge is 0.336 e. The van der Waals surface area contributed by atoms with Crippen molar-refractivity contribution in [2.75, 3.05) is 13.4 Å². The van der Waals surface area contributed by atoms with E-state index in [4.69, 9.17) is 9.15 Å². The number of benzene rings is 2. The molecule has 3 rings (SSSR count). The van der Waals surface area contributed by atoms with E-state index in [0.29, 0.717) is 22.8 Å². The van der Waals surface area contributed by atoms with Crippen LogP contribution in [0.3, 0.4) is 0 Å². The van der Waals surface area contributed by atoms with Crippen molar-refractivity contribution in [3.63, 3.8) is 0 Å². The third-order valence-electron chi connectivity index (χ3n) is 4.44. The molecule has 0 saturated heterocycles. The summed E-state index contributed by atoms with van der Waals surface area (Å²) in [4.78, 5) is 12.1. The fourth-order valence-electron chi connectivity index (χ4n) is 2.87. The molecule has 0 bridgehead atoms. The van der Waals surface area contributed by atoms with Crippen LogP contribution in [0.15, 0.2) is 62.6 Å². The normalized spacial score (nSPS) is 12.9. The minimum atomic E-state index is -3.21. The Kier molecular flexibility index (Phi) is 5.34. The number of ether oxygens (including phenoxy) is 1. The summed E-state index contributed by atoms with van der Waals surface area (Å²) in [5.74, 6) is 0.620. The SMILES string of the molecule is COc1ccc2c(CN[C@H](C)c3ccc(S(C)(=O)=O)cc3)cc(=O)oc2c1. The molecule has 0 radical (unpaired) electrons. The lowest BCUT2D eigenvalue weighted by molar-refractivity contribution is 0.414. The molecule has 142 valence electrons. The monoisotopic (exact) mass is 387 g/mol. The van der Waals surface area contributed by atoms with E-state index >= 15 is 0 Å². The summed E-state index contributed by atoms with van der Waals surface area (Å²) in [5, 5.41) is 4.20. The number of hydrogen-bond donors (Lipinski definition) is 1. The van der Waals surface area contributed by atoms with E-state index in [1.807, 2.05) is 19.1 Å². The Bertz CT molecular complexity index is 1120. The van der Waals surface area contributed by atoms with Gasteiger partial charge in [0.15, 0.2) is 9.84 Å². The van der Waals surface area contributed by atoms with Crippen LogP contribution in [-0.2, 0) is 16.4 Å². The molecule has 0 spiro atoms. The van der Waals surface area contributed by atoms with Crippen molar-refractivity contribution in [3.8, 4) is 5.75 Å². The highest BCUT2D eigenvalue weighted by Gasteiger charge is 2.11. The lowest BCUT2D eigenvalue weighted by Gasteiger charge is -2.15. The average Bonchev–Trinajstić information content (AvgIpc) is 2.64. The van der Waals surface area contributed by atoms with Gasteiger partial charge in [0.05, 0.1) is 12.0 Å². The molecule has 0 saturated carbocycles. The predicted molar refractivity (Wildman–Crippen MR) is 104 cm³/mol. The van der Waals surface area contributed by atoms with Crippen LogP contribution in [0.2, 0.25) is 0 Å². The third-order valence-corrected chi connectivity index (χ3v) is 5.57. The third kappa shape index (κ3) is 4.37. The topological polar surface area (TPSA) is 85.6 Å². The van der Waals surface area contributed by atoms with Gasteiger partial charge in [-0.05, 0) is 42.3 Å². The molecule has 0 aliphatic carbocycles. The summed E-state index contributed by atoms with van der Waals surface area (Å²) in [6, 6.07) is 13.6. The number of methoxy groups -OCH3 is 1. The highest BCUT2D eigenvalue weighted by Crippen LogP contribution is 2.23. The van der Waals surface area contributed by atoms with Crippen molar-refractivity contribution in [3.05, 3.63) is 70.1 Å². The van der Waals surface area contributed by atoms with Crippen LogP contribution in [-0.4, -0.2) is 21.8 Å². The summed E-state index contributed by atoms with van der Waals surface area (Å²) in [5.41, 5.74) is 1.83. The Morgan fingerprint density at radius 2 is 1.81 bits per heavy atom. The van der Waals surface area contributed by atoms with Crippen molar-refractivity contribution in [2.24, 2.45) is 0 Å². The second kappa shape index (κ2) is 7.54. The summed E-state index contributed by atoms with van der Waals surface area (Å²) in [6.07, 6.45) is 1.19. The van der Waals surface area contributed by atoms with Crippen LogP contribution in [0.5, 0.6) is 5.75 Å². The zero-order valence-corrected chi connectivity index (χ0v) is 16.2. The number of hydrogen-bond acceptors (Lipinski definition) is 6. The van der Waals surface area contributed by atoms with E-state index < -0.39 is 15.5 Å². The van der Waals surface area contributed by atoms with Crippen LogP contribution in [0.25, 0.3) is 11.0 Å². The summed E-state index contributed by atoms with van der Waals surface area (Å²) >= 11 is 0. The van der Waals surface area contributed by atoms with Crippen molar-refractivity contribution in [1.82, 2.24) is 5.32 Å². The summed E-state index contributed by atoms with van der Waals surface area (Å²) in [7, 11) is -1.65. The Balaban J connectivity index is 1.81. The van der Waals surface area contributed by atoms with Crippen molar-refractivity contribution in [1.29, 1.82) is 0 Å². The zero-order chi connectivity index (χ0) is 19.6. The molecule has 1 aromatic heterocycles. The molecule has 1 heterocycles. The highest BCUT2D eigenvalue weighted by molar-refractivity contribution is 7.90. The van der Waals surface area contributed by atoms with Gasteiger partial charge in [-0.3, -0.25) is 0 Å². The van der Waals surface area contributed by atoms with Gasteiger partial charge in [-0.15, -0.1) is 0 Å². The van der Waals surface area contributed by atoms with Gasteiger partial charge in [-0.2, -0.15) is 0 Å². The van der Waals surface area contributed by atoms with Gasteiger partial charge in [0.1, 0.15) is 11.3 Å². The van der Waals surface area contributed by atoms with Gasteiger partial charge in [0.25, 0.3) is 0 Å². The Hall–Kier alpha value is -2.64. The minimum absolute atomic E-state index is 0.0286. The molecule has 27 heavy (non-hydrogen) atoms. The Morgan fingerprint density at radius 3 is 2.44 bits per heavy atom. The van der Waals surface area contributed by atoms with Crippen molar-refractivity contribution >= 4 is 20.8 Å². The first kappa shape index (κ1) is 19.1. The molecule has 0 aliphatic heterocycles. The Morgan fingerprint density at radius 1 is 1.11 bits per heavy atom. The fraction of sp³-hybridized carbons (Fsp3) is 0.250. The minimum Gasteiger partial charge on any atom is -0.497 e. The van der Waals surface area contributed by atoms with E-state index in [0.717, 1.165) is 16.5 Å². The quantitative estimate of drug-likeness (QED) is 0.654. The van der Waals surface area contributed by atoms with Crippen LogP contribution in [0, 0.1) is 0 Å². The molecule has 1 N–H and O–H groups in total. The van der Waals surface area contributed by atoms with Crippen molar-refractivity contribution < 1.29 is 17.6 Å². The molecule has 0 fully saturated rings. The maximum Gasteiger partial charge on any atom is 0.336 e. The van der Waals surface area contributed by atoms with Gasteiger partial charge in [0.2, 0.25) is 0 Å². The molecular formula is C20H21NO5S. The molecule has 3 aromatic rings. The fourth-order valence-corrected chi connectivity index (χ4v) is 3.50. The van der Waals surface area contributed by atoms with Gasteiger partial charge in [0, 0.05) is 36.4 Å². The van der Waals surface area contributed by atoms with E-state index in [-0.39, 0.29) is 6.04 Å². The second-order valence-corrected chi connectivity index (χ2v) is 8.41. The molecule has 0 aliphatic rings. The van der Waals surface area contributed by atoms with Gasteiger partial charge >= 0.3 is 5.63 Å². The lowest BCUT2D eigenvalue weighted by atomic mass is 10.1. The van der Waals surface area contributed by atoms with Gasteiger partial charge in [-0.1, -0.05) is 12.1 Å². The van der Waals surface area contributed by atoms with Gasteiger partial charge < -0.3 is 14.5 Å². The van der Waals surface area contributed by atoms with Crippen LogP contribution < -0.4 is 15.7 Å². The van der Waals surface area contributed by atoms with Crippen LogP contribution in [0.4, 0.5) is 0 Å². The number of sulfone groups is 1. The first-order valence-electron chi connectivity index (χ1n) is 8.42. The molecule has 1 atom stereocenters. The maximum atomic E-state index is 11.9. The first-order chi connectivity index (χ1) is 12.8. The molecule has 0 unspecified atom stereocenters. The van der Waals surface area contributed by atoms with Crippen LogP contribution >= 0.6 is 0 Å². The zero-order valence-electron chi connectivity index (χ0n) is 15.4. The Labute approximate surface area is 157 Å². The molecular weight excluding hydrogens is 366 g/mol. The van der Waals surface area contributed by atoms with Gasteiger partial charge in [-0.25, -0.2) is 13.2 Å². The standard InChI is InChI=1S/C20H21NO5S/c1-13(14-4-7-17(8-5-14)27(3,23)24)21-12-15-10-20(22)26-19-11-16(25-2)6-9-18(15)19/h4-11,13,21H,12H2,1-3H3/t13-/m1/s1. The number of fused-ring (bicyclic) bond motifs is 1. The molecule has 6 nitrogen and oxygen atoms in total. The summed E-state index contributed by atoms with van der Waals surface area (Å²) < 4.78 is 33.6. The first-order valence-corrected chi connectivity index (χ1v) is 10.3.